The summed E-state index contributed by atoms with van der Waals surface area (Å²) in [5.41, 5.74) is 6.55. The molecule has 0 saturated carbocycles. The van der Waals surface area contributed by atoms with E-state index in [-0.39, 0.29) is 24.4 Å². The van der Waals surface area contributed by atoms with Crippen molar-refractivity contribution >= 4 is 28.3 Å². The summed E-state index contributed by atoms with van der Waals surface area (Å²) in [7, 11) is -1.66. The van der Waals surface area contributed by atoms with Gasteiger partial charge in [0.2, 0.25) is 15.9 Å². The van der Waals surface area contributed by atoms with Crippen LogP contribution in [0.25, 0.3) is 0 Å². The summed E-state index contributed by atoms with van der Waals surface area (Å²) in [6, 6.07) is 6.95. The molecule has 0 radical (unpaired) electrons. The minimum Gasteiger partial charge on any atom is -0.342 e. The van der Waals surface area contributed by atoms with Crippen LogP contribution in [-0.2, 0) is 21.2 Å². The summed E-state index contributed by atoms with van der Waals surface area (Å²) >= 11 is 0. The molecule has 2 N–H and O–H groups in total. The highest BCUT2D eigenvalue weighted by atomic mass is 35.5. The van der Waals surface area contributed by atoms with Crippen LogP contribution in [0.5, 0.6) is 0 Å². The van der Waals surface area contributed by atoms with Crippen LogP contribution in [0.3, 0.4) is 0 Å². The highest BCUT2D eigenvalue weighted by molar-refractivity contribution is 7.89. The summed E-state index contributed by atoms with van der Waals surface area (Å²) < 4.78 is 27.1. The first-order valence-corrected chi connectivity index (χ1v) is 10.8. The summed E-state index contributed by atoms with van der Waals surface area (Å²) in [4.78, 5) is 14.2. The number of carbonyl (C=O) groups is 1. The molecule has 154 valence electrons. The number of halogens is 1. The number of rotatable bonds is 7. The molecule has 1 aromatic rings. The van der Waals surface area contributed by atoms with Crippen molar-refractivity contribution in [3.05, 3.63) is 29.8 Å². The van der Waals surface area contributed by atoms with Gasteiger partial charge in [-0.2, -0.15) is 4.31 Å². The van der Waals surface area contributed by atoms with Crippen molar-refractivity contribution in [3.8, 4) is 0 Å². The monoisotopic (exact) mass is 417 g/mol. The van der Waals surface area contributed by atoms with Gasteiger partial charge in [-0.15, -0.1) is 12.4 Å². The number of nitrogens with zero attached hydrogens (tertiary/aromatic N) is 2. The Labute approximate surface area is 169 Å². The Bertz CT molecular complexity index is 687. The summed E-state index contributed by atoms with van der Waals surface area (Å²) in [6.45, 7) is 3.56. The summed E-state index contributed by atoms with van der Waals surface area (Å²) in [6.07, 6.45) is 5.01. The third-order valence-corrected chi connectivity index (χ3v) is 7.06. The number of nitrogens with two attached hydrogens (primary N) is 1. The Morgan fingerprint density at radius 1 is 1.15 bits per heavy atom. The molecule has 1 heterocycles. The van der Waals surface area contributed by atoms with Gasteiger partial charge < -0.3 is 10.6 Å². The molecule has 27 heavy (non-hydrogen) atoms. The van der Waals surface area contributed by atoms with E-state index in [1.165, 1.54) is 0 Å². The zero-order valence-electron chi connectivity index (χ0n) is 16.3. The molecule has 1 aliphatic heterocycles. The van der Waals surface area contributed by atoms with Gasteiger partial charge in [0.05, 0.1) is 4.90 Å². The Kier molecular flexibility index (Phi) is 9.73. The third-order valence-electron chi connectivity index (χ3n) is 5.15. The molecule has 0 aliphatic carbocycles. The number of benzene rings is 1. The predicted octanol–water partition coefficient (Wildman–Crippen LogP) is 2.41. The predicted molar refractivity (Wildman–Crippen MR) is 111 cm³/mol. The highest BCUT2D eigenvalue weighted by Crippen LogP contribution is 2.21. The number of hydrogen-bond acceptors (Lipinski definition) is 4. The van der Waals surface area contributed by atoms with Gasteiger partial charge >= 0.3 is 0 Å². The van der Waals surface area contributed by atoms with Crippen LogP contribution >= 0.6 is 12.4 Å². The first-order valence-electron chi connectivity index (χ1n) is 9.41. The van der Waals surface area contributed by atoms with Crippen LogP contribution in [0.15, 0.2) is 29.2 Å². The van der Waals surface area contributed by atoms with Gasteiger partial charge in [0, 0.05) is 39.1 Å². The molecule has 0 spiro atoms. The highest BCUT2D eigenvalue weighted by Gasteiger charge is 2.25. The summed E-state index contributed by atoms with van der Waals surface area (Å²) in [5, 5.41) is 0. The molecule has 2 rings (SSSR count). The standard InChI is InChI=1S/C19H31N3O3S.ClH/c1-16(15-20)21(2)19(23)12-9-17-7-10-18(11-8-17)26(24,25)22-13-5-3-4-6-14-22;/h7-8,10-11,16H,3-6,9,12-15,20H2,1-2H3;1H. The van der Waals surface area contributed by atoms with Crippen LogP contribution in [-0.4, -0.2) is 56.3 Å². The molecule has 6 nitrogen and oxygen atoms in total. The van der Waals surface area contributed by atoms with Crippen molar-refractivity contribution in [3.63, 3.8) is 0 Å². The van der Waals surface area contributed by atoms with E-state index >= 15 is 0 Å². The lowest BCUT2D eigenvalue weighted by Gasteiger charge is -2.23. The molecule has 8 heteroatoms. The fraction of sp³-hybridized carbons (Fsp3) is 0.632. The SMILES string of the molecule is CC(CN)N(C)C(=O)CCc1ccc(S(=O)(=O)N2CCCCCC2)cc1.Cl. The fourth-order valence-electron chi connectivity index (χ4n) is 3.09. The van der Waals surface area contributed by atoms with E-state index in [1.54, 1.807) is 28.4 Å². The molecule has 1 aromatic carbocycles. The Morgan fingerprint density at radius 3 is 2.22 bits per heavy atom. The minimum atomic E-state index is -3.42. The number of sulfonamides is 1. The van der Waals surface area contributed by atoms with Gasteiger partial charge in [-0.25, -0.2) is 8.42 Å². The van der Waals surface area contributed by atoms with E-state index in [2.05, 4.69) is 0 Å². The van der Waals surface area contributed by atoms with Crippen LogP contribution in [0.2, 0.25) is 0 Å². The number of hydrogen-bond donors (Lipinski definition) is 1. The minimum absolute atomic E-state index is 0. The van der Waals surface area contributed by atoms with Crippen molar-refractivity contribution in [2.75, 3.05) is 26.7 Å². The number of likely N-dealkylation sites (N-methyl/N-ethyl adjacent to an activating group) is 1. The molecule has 1 atom stereocenters. The summed E-state index contributed by atoms with van der Waals surface area (Å²) in [5.74, 6) is 0.0456. The van der Waals surface area contributed by atoms with Crippen molar-refractivity contribution in [1.29, 1.82) is 0 Å². The average molecular weight is 418 g/mol. The Hall–Kier alpha value is -1.15. The molecule has 1 unspecified atom stereocenters. The smallest absolute Gasteiger partial charge is 0.243 e. The van der Waals surface area contributed by atoms with E-state index in [0.717, 1.165) is 31.2 Å². The van der Waals surface area contributed by atoms with Gasteiger partial charge in [0.1, 0.15) is 0 Å². The van der Waals surface area contributed by atoms with Crippen LogP contribution in [0.4, 0.5) is 0 Å². The molecular weight excluding hydrogens is 386 g/mol. The second-order valence-corrected chi connectivity index (χ2v) is 8.99. The second-order valence-electron chi connectivity index (χ2n) is 7.05. The maximum absolute atomic E-state index is 12.8. The van der Waals surface area contributed by atoms with E-state index < -0.39 is 10.0 Å². The average Bonchev–Trinajstić information content (AvgIpc) is 2.95. The molecule has 1 amide bonds. The van der Waals surface area contributed by atoms with E-state index in [1.807, 2.05) is 19.1 Å². The van der Waals surface area contributed by atoms with Gasteiger partial charge in [-0.1, -0.05) is 25.0 Å². The van der Waals surface area contributed by atoms with Gasteiger partial charge in [0.25, 0.3) is 0 Å². The molecule has 0 bridgehead atoms. The van der Waals surface area contributed by atoms with Crippen LogP contribution < -0.4 is 5.73 Å². The Balaban J connectivity index is 0.00000364. The van der Waals surface area contributed by atoms with Crippen LogP contribution in [0, 0.1) is 0 Å². The number of aryl methyl sites for hydroxylation is 1. The van der Waals surface area contributed by atoms with Crippen molar-refractivity contribution < 1.29 is 13.2 Å². The van der Waals surface area contributed by atoms with Gasteiger partial charge in [-0.05, 0) is 43.9 Å². The maximum atomic E-state index is 12.8. The second kappa shape index (κ2) is 11.0. The number of amides is 1. The first kappa shape index (κ1) is 23.9. The molecule has 1 aliphatic rings. The molecule has 0 aromatic heterocycles. The quantitative estimate of drug-likeness (QED) is 0.738. The maximum Gasteiger partial charge on any atom is 0.243 e. The number of carbonyl (C=O) groups excluding carboxylic acids is 1. The van der Waals surface area contributed by atoms with E-state index in [4.69, 9.17) is 5.73 Å². The molecule has 1 saturated heterocycles. The Morgan fingerprint density at radius 2 is 1.70 bits per heavy atom. The van der Waals surface area contributed by atoms with E-state index in [0.29, 0.717) is 37.4 Å². The van der Waals surface area contributed by atoms with Crippen LogP contribution in [0.1, 0.15) is 44.6 Å². The van der Waals surface area contributed by atoms with Gasteiger partial charge in [-0.3, -0.25) is 4.79 Å². The lowest BCUT2D eigenvalue weighted by atomic mass is 10.1. The fourth-order valence-corrected chi connectivity index (χ4v) is 4.61. The topological polar surface area (TPSA) is 83.7 Å². The molecular formula is C19H32ClN3O3S. The lowest BCUT2D eigenvalue weighted by molar-refractivity contribution is -0.131. The van der Waals surface area contributed by atoms with Crippen molar-refractivity contribution in [1.82, 2.24) is 9.21 Å². The normalized spacial score (nSPS) is 16.9. The van der Waals surface area contributed by atoms with Crippen molar-refractivity contribution in [2.45, 2.75) is 56.4 Å². The third kappa shape index (κ3) is 6.45. The van der Waals surface area contributed by atoms with Gasteiger partial charge in [0.15, 0.2) is 0 Å². The zero-order chi connectivity index (χ0) is 19.2. The van der Waals surface area contributed by atoms with Crippen molar-refractivity contribution in [2.24, 2.45) is 5.73 Å². The largest absolute Gasteiger partial charge is 0.342 e. The van der Waals surface area contributed by atoms with E-state index in [9.17, 15) is 13.2 Å². The zero-order valence-corrected chi connectivity index (χ0v) is 17.9. The molecule has 1 fully saturated rings. The first-order chi connectivity index (χ1) is 12.4. The lowest BCUT2D eigenvalue weighted by Crippen LogP contribution is -2.39.